The molecule has 1 aromatic carbocycles. The van der Waals surface area contributed by atoms with E-state index in [-0.39, 0.29) is 23.2 Å². The van der Waals surface area contributed by atoms with Gasteiger partial charge in [-0.1, -0.05) is 31.5 Å². The first-order valence-electron chi connectivity index (χ1n) is 12.0. The lowest BCUT2D eigenvalue weighted by molar-refractivity contribution is 0.0151. The van der Waals surface area contributed by atoms with Crippen LogP contribution in [0.1, 0.15) is 69.9 Å². The molecule has 1 spiro atoms. The summed E-state index contributed by atoms with van der Waals surface area (Å²) < 4.78 is 13.2. The van der Waals surface area contributed by atoms with Gasteiger partial charge in [-0.15, -0.1) is 0 Å². The zero-order valence-corrected chi connectivity index (χ0v) is 20.2. The lowest BCUT2D eigenvalue weighted by atomic mass is 9.76. The number of esters is 1. The molecule has 2 aromatic rings. The summed E-state index contributed by atoms with van der Waals surface area (Å²) >= 11 is 0. The Morgan fingerprint density at radius 3 is 2.76 bits per heavy atom. The summed E-state index contributed by atoms with van der Waals surface area (Å²) in [6.07, 6.45) is 3.38. The summed E-state index contributed by atoms with van der Waals surface area (Å²) in [6, 6.07) is 5.74. The van der Waals surface area contributed by atoms with E-state index in [1.807, 2.05) is 43.7 Å². The highest BCUT2D eigenvalue weighted by molar-refractivity contribution is 5.97. The third kappa shape index (κ3) is 4.98. The summed E-state index contributed by atoms with van der Waals surface area (Å²) in [5.74, 6) is -0.260. The monoisotopic (exact) mass is 453 g/mol. The summed E-state index contributed by atoms with van der Waals surface area (Å²) in [5, 5.41) is 7.97. The molecule has 0 radical (unpaired) electrons. The average Bonchev–Trinajstić information content (AvgIpc) is 3.06. The predicted molar refractivity (Wildman–Crippen MR) is 125 cm³/mol. The first-order valence-corrected chi connectivity index (χ1v) is 12.0. The van der Waals surface area contributed by atoms with E-state index in [2.05, 4.69) is 12.2 Å². The van der Waals surface area contributed by atoms with Crippen LogP contribution in [0, 0.1) is 25.2 Å². The van der Waals surface area contributed by atoms with E-state index in [0.717, 1.165) is 60.6 Å². The van der Waals surface area contributed by atoms with Crippen molar-refractivity contribution in [2.45, 2.75) is 59.9 Å². The van der Waals surface area contributed by atoms with Gasteiger partial charge < -0.3 is 14.8 Å². The van der Waals surface area contributed by atoms with Gasteiger partial charge in [-0.05, 0) is 56.6 Å². The van der Waals surface area contributed by atoms with Gasteiger partial charge in [0.05, 0.1) is 29.1 Å². The lowest BCUT2D eigenvalue weighted by Gasteiger charge is -2.36. The summed E-state index contributed by atoms with van der Waals surface area (Å²) in [4.78, 5) is 25.6. The number of rotatable bonds is 6. The lowest BCUT2D eigenvalue weighted by Crippen LogP contribution is -2.41. The number of carbonyl (C=O) groups is 2. The number of benzene rings is 1. The van der Waals surface area contributed by atoms with Crippen molar-refractivity contribution < 1.29 is 19.1 Å². The van der Waals surface area contributed by atoms with Gasteiger partial charge in [0.2, 0.25) is 0 Å². The van der Waals surface area contributed by atoms with Gasteiger partial charge in [0.1, 0.15) is 0 Å². The van der Waals surface area contributed by atoms with E-state index in [1.165, 1.54) is 0 Å². The van der Waals surface area contributed by atoms with Crippen molar-refractivity contribution in [2.75, 3.05) is 26.4 Å². The SMILES string of the molecule is CCc1nn(C[C@@H](C)COC(=O)c2ccc(C)cc2C)c2c1C(=O)NCC1(CCOCC1)C2. The van der Waals surface area contributed by atoms with Crippen molar-refractivity contribution in [1.82, 2.24) is 15.1 Å². The van der Waals surface area contributed by atoms with Gasteiger partial charge in [0.15, 0.2) is 0 Å². The summed E-state index contributed by atoms with van der Waals surface area (Å²) in [5.41, 5.74) is 5.25. The van der Waals surface area contributed by atoms with Crippen molar-refractivity contribution in [2.24, 2.45) is 11.3 Å². The molecule has 2 aliphatic rings. The smallest absolute Gasteiger partial charge is 0.338 e. The number of nitrogens with one attached hydrogen (secondary N) is 1. The Hall–Kier alpha value is -2.67. The van der Waals surface area contributed by atoms with Crippen molar-refractivity contribution in [1.29, 1.82) is 0 Å². The van der Waals surface area contributed by atoms with Crippen LogP contribution in [0.25, 0.3) is 0 Å². The number of aryl methyl sites for hydroxylation is 3. The van der Waals surface area contributed by atoms with Crippen LogP contribution in [-0.4, -0.2) is 48.0 Å². The molecule has 2 aliphatic heterocycles. The van der Waals surface area contributed by atoms with Crippen LogP contribution in [0.2, 0.25) is 0 Å². The predicted octanol–water partition coefficient (Wildman–Crippen LogP) is 3.64. The molecule has 1 aromatic heterocycles. The highest BCUT2D eigenvalue weighted by Gasteiger charge is 2.39. The molecule has 1 saturated heterocycles. The number of amides is 1. The minimum atomic E-state index is -0.298. The Balaban J connectivity index is 1.50. The topological polar surface area (TPSA) is 82.5 Å². The Morgan fingerprint density at radius 1 is 1.30 bits per heavy atom. The second-order valence-corrected chi connectivity index (χ2v) is 9.80. The first-order chi connectivity index (χ1) is 15.8. The Morgan fingerprint density at radius 2 is 2.06 bits per heavy atom. The largest absolute Gasteiger partial charge is 0.462 e. The number of aromatic nitrogens is 2. The van der Waals surface area contributed by atoms with Crippen LogP contribution in [-0.2, 0) is 28.9 Å². The molecule has 1 N–H and O–H groups in total. The molecule has 1 atom stereocenters. The number of nitrogens with zero attached hydrogens (tertiary/aromatic N) is 2. The normalized spacial score (nSPS) is 18.4. The quantitative estimate of drug-likeness (QED) is 0.676. The van der Waals surface area contributed by atoms with E-state index >= 15 is 0 Å². The molecule has 0 saturated carbocycles. The molecule has 0 aliphatic carbocycles. The van der Waals surface area contributed by atoms with E-state index in [4.69, 9.17) is 14.6 Å². The maximum atomic E-state index is 13.0. The Bertz CT molecular complexity index is 1040. The van der Waals surface area contributed by atoms with Crippen LogP contribution in [0.15, 0.2) is 18.2 Å². The van der Waals surface area contributed by atoms with Crippen molar-refractivity contribution >= 4 is 11.9 Å². The minimum absolute atomic E-state index is 0.0145. The van der Waals surface area contributed by atoms with Gasteiger partial charge in [0, 0.05) is 32.2 Å². The van der Waals surface area contributed by atoms with Gasteiger partial charge in [-0.2, -0.15) is 5.10 Å². The molecular weight excluding hydrogens is 418 g/mol. The van der Waals surface area contributed by atoms with Gasteiger partial charge in [-0.25, -0.2) is 4.79 Å². The van der Waals surface area contributed by atoms with Crippen LogP contribution in [0.5, 0.6) is 0 Å². The molecule has 7 heteroatoms. The Labute approximate surface area is 195 Å². The number of fused-ring (bicyclic) bond motifs is 1. The molecule has 3 heterocycles. The highest BCUT2D eigenvalue weighted by Crippen LogP contribution is 2.37. The molecule has 33 heavy (non-hydrogen) atoms. The molecular formula is C26H35N3O4. The maximum absolute atomic E-state index is 13.0. The second-order valence-electron chi connectivity index (χ2n) is 9.80. The van der Waals surface area contributed by atoms with Gasteiger partial charge >= 0.3 is 5.97 Å². The van der Waals surface area contributed by atoms with Gasteiger partial charge in [-0.3, -0.25) is 9.48 Å². The van der Waals surface area contributed by atoms with E-state index in [1.54, 1.807) is 0 Å². The van der Waals surface area contributed by atoms with Crippen molar-refractivity contribution in [3.8, 4) is 0 Å². The molecule has 4 rings (SSSR count). The van der Waals surface area contributed by atoms with Crippen molar-refractivity contribution in [3.05, 3.63) is 51.8 Å². The van der Waals surface area contributed by atoms with Gasteiger partial charge in [0.25, 0.3) is 5.91 Å². The van der Waals surface area contributed by atoms with Crippen LogP contribution < -0.4 is 5.32 Å². The fourth-order valence-electron chi connectivity index (χ4n) is 5.01. The molecule has 7 nitrogen and oxygen atoms in total. The zero-order valence-electron chi connectivity index (χ0n) is 20.2. The van der Waals surface area contributed by atoms with E-state index in [9.17, 15) is 9.59 Å². The Kier molecular flexibility index (Phi) is 6.88. The maximum Gasteiger partial charge on any atom is 0.338 e. The third-order valence-corrected chi connectivity index (χ3v) is 7.00. The fourth-order valence-corrected chi connectivity index (χ4v) is 5.01. The molecule has 178 valence electrons. The van der Waals surface area contributed by atoms with E-state index in [0.29, 0.717) is 31.7 Å². The first kappa shape index (κ1) is 23.5. The number of hydrogen-bond donors (Lipinski definition) is 1. The van der Waals surface area contributed by atoms with Crippen LogP contribution >= 0.6 is 0 Å². The van der Waals surface area contributed by atoms with Crippen LogP contribution in [0.4, 0.5) is 0 Å². The number of carbonyl (C=O) groups excluding carboxylic acids is 2. The molecule has 1 amide bonds. The highest BCUT2D eigenvalue weighted by atomic mass is 16.5. The van der Waals surface area contributed by atoms with Crippen molar-refractivity contribution in [3.63, 3.8) is 0 Å². The summed E-state index contributed by atoms with van der Waals surface area (Å²) in [6.45, 7) is 11.0. The fraction of sp³-hybridized carbons (Fsp3) is 0.577. The molecule has 0 unspecified atom stereocenters. The average molecular weight is 454 g/mol. The zero-order chi connectivity index (χ0) is 23.6. The third-order valence-electron chi connectivity index (χ3n) is 7.00. The molecule has 0 bridgehead atoms. The van der Waals surface area contributed by atoms with Crippen LogP contribution in [0.3, 0.4) is 0 Å². The summed E-state index contributed by atoms with van der Waals surface area (Å²) in [7, 11) is 0. The minimum Gasteiger partial charge on any atom is -0.462 e. The second kappa shape index (κ2) is 9.67. The molecule has 1 fully saturated rings. The number of ether oxygens (including phenoxy) is 2. The number of hydrogen-bond acceptors (Lipinski definition) is 5. The standard InChI is InChI=1S/C26H35N3O4/c1-5-21-23-22(13-26(16-27-24(23)30)8-10-32-11-9-26)29(28-21)14-18(3)15-33-25(31)20-7-6-17(2)12-19(20)4/h6-7,12,18H,5,8-11,13-16H2,1-4H3,(H,27,30)/t18-/m1/s1. The van der Waals surface area contributed by atoms with E-state index < -0.39 is 0 Å².